The van der Waals surface area contributed by atoms with Gasteiger partial charge in [0.2, 0.25) is 0 Å². The van der Waals surface area contributed by atoms with Gasteiger partial charge in [0.15, 0.2) is 5.82 Å². The van der Waals surface area contributed by atoms with E-state index >= 15 is 0 Å². The lowest BCUT2D eigenvalue weighted by Gasteiger charge is -2.09. The number of rotatable bonds is 4. The van der Waals surface area contributed by atoms with E-state index in [9.17, 15) is 4.79 Å². The van der Waals surface area contributed by atoms with Crippen LogP contribution in [0.15, 0.2) is 24.3 Å². The van der Waals surface area contributed by atoms with E-state index < -0.39 is 5.97 Å². The molecule has 0 aliphatic carbocycles. The van der Waals surface area contributed by atoms with Crippen molar-refractivity contribution in [3.8, 4) is 0 Å². The van der Waals surface area contributed by atoms with Crippen LogP contribution in [-0.4, -0.2) is 31.3 Å². The first-order valence-electron chi connectivity index (χ1n) is 5.90. The third kappa shape index (κ3) is 3.42. The third-order valence-electron chi connectivity index (χ3n) is 2.70. The fraction of sp³-hybridized carbons (Fsp3) is 0.231. The molecule has 0 saturated heterocycles. The smallest absolute Gasteiger partial charge is 0.328 e. The number of nitrogens with zero attached hydrogens (tertiary/aromatic N) is 4. The molecule has 0 saturated carbocycles. The number of aliphatic carboxylic acids is 1. The van der Waals surface area contributed by atoms with E-state index in [-0.39, 0.29) is 0 Å². The van der Waals surface area contributed by atoms with Crippen LogP contribution in [0.5, 0.6) is 0 Å². The average molecular weight is 293 g/mol. The highest BCUT2D eigenvalue weighted by Gasteiger charge is 2.09. The zero-order valence-electron chi connectivity index (χ0n) is 11.0. The third-order valence-corrected chi connectivity index (χ3v) is 2.93. The molecular weight excluding hydrogens is 280 g/mol. The number of benzene rings is 1. The van der Waals surface area contributed by atoms with Crippen LogP contribution in [-0.2, 0) is 11.3 Å². The Morgan fingerprint density at radius 1 is 1.50 bits per heavy atom. The first-order valence-corrected chi connectivity index (χ1v) is 6.28. The highest BCUT2D eigenvalue weighted by atomic mass is 35.5. The molecule has 1 aromatic carbocycles. The molecular formula is C13H13ClN4O2. The lowest BCUT2D eigenvalue weighted by molar-refractivity contribution is -0.131. The van der Waals surface area contributed by atoms with Crippen molar-refractivity contribution in [1.29, 1.82) is 0 Å². The van der Waals surface area contributed by atoms with Crippen molar-refractivity contribution in [3.05, 3.63) is 46.2 Å². The molecule has 6 nitrogen and oxygen atoms in total. The first-order chi connectivity index (χ1) is 9.45. The summed E-state index contributed by atoms with van der Waals surface area (Å²) in [5.74, 6) is -0.412. The van der Waals surface area contributed by atoms with Gasteiger partial charge in [-0.3, -0.25) is 0 Å². The van der Waals surface area contributed by atoms with Crippen LogP contribution in [0.2, 0.25) is 5.02 Å². The minimum Gasteiger partial charge on any atom is -0.478 e. The van der Waals surface area contributed by atoms with Gasteiger partial charge in [-0.1, -0.05) is 17.7 Å². The van der Waals surface area contributed by atoms with E-state index in [0.29, 0.717) is 23.0 Å². The molecule has 0 atom stereocenters. The molecule has 0 amide bonds. The number of aromatic nitrogens is 4. The predicted molar refractivity (Wildman–Crippen MR) is 74.4 cm³/mol. The average Bonchev–Trinajstić information content (AvgIpc) is 2.73. The number of hydrogen-bond acceptors (Lipinski definition) is 4. The summed E-state index contributed by atoms with van der Waals surface area (Å²) >= 11 is 6.00. The molecule has 0 aliphatic rings. The minimum atomic E-state index is -0.988. The molecule has 0 fully saturated rings. The van der Waals surface area contributed by atoms with Gasteiger partial charge in [0.1, 0.15) is 0 Å². The van der Waals surface area contributed by atoms with Gasteiger partial charge in [0.05, 0.1) is 6.54 Å². The molecule has 2 aromatic rings. The van der Waals surface area contributed by atoms with Gasteiger partial charge in [-0.05, 0) is 47.9 Å². The minimum absolute atomic E-state index is 0.377. The Kier molecular flexibility index (Phi) is 4.14. The second-order valence-corrected chi connectivity index (χ2v) is 4.77. The van der Waals surface area contributed by atoms with Gasteiger partial charge >= 0.3 is 5.97 Å². The van der Waals surface area contributed by atoms with E-state index in [1.54, 1.807) is 32.0 Å². The van der Waals surface area contributed by atoms with Crippen molar-refractivity contribution in [2.24, 2.45) is 0 Å². The Morgan fingerprint density at radius 2 is 2.25 bits per heavy atom. The van der Waals surface area contributed by atoms with E-state index in [1.807, 2.05) is 0 Å². The number of carbonyl (C=O) groups is 1. The summed E-state index contributed by atoms with van der Waals surface area (Å²) < 4.78 is 0. The summed E-state index contributed by atoms with van der Waals surface area (Å²) in [5, 5.41) is 21.2. The first kappa shape index (κ1) is 14.2. The maximum absolute atomic E-state index is 10.8. The van der Waals surface area contributed by atoms with Crippen molar-refractivity contribution in [2.45, 2.75) is 20.4 Å². The van der Waals surface area contributed by atoms with Crippen molar-refractivity contribution in [2.75, 3.05) is 0 Å². The number of aryl methyl sites for hydroxylation is 1. The number of carboxylic acids is 1. The van der Waals surface area contributed by atoms with Crippen molar-refractivity contribution in [3.63, 3.8) is 0 Å². The molecule has 0 spiro atoms. The van der Waals surface area contributed by atoms with Gasteiger partial charge in [0, 0.05) is 11.1 Å². The Morgan fingerprint density at radius 3 is 2.85 bits per heavy atom. The summed E-state index contributed by atoms with van der Waals surface area (Å²) in [6.45, 7) is 3.86. The predicted octanol–water partition coefficient (Wildman–Crippen LogP) is 2.17. The van der Waals surface area contributed by atoms with Gasteiger partial charge in [-0.15, -0.1) is 10.2 Å². The molecule has 1 heterocycles. The lowest BCUT2D eigenvalue weighted by atomic mass is 10.0. The second-order valence-electron chi connectivity index (χ2n) is 4.33. The molecule has 2 rings (SSSR count). The fourth-order valence-corrected chi connectivity index (χ4v) is 2.08. The number of tetrazole rings is 1. The van der Waals surface area contributed by atoms with Crippen LogP contribution in [0, 0.1) is 6.92 Å². The van der Waals surface area contributed by atoms with E-state index in [2.05, 4.69) is 15.4 Å². The van der Waals surface area contributed by atoms with E-state index in [4.69, 9.17) is 16.7 Å². The molecule has 104 valence electrons. The van der Waals surface area contributed by atoms with E-state index in [0.717, 1.165) is 17.2 Å². The summed E-state index contributed by atoms with van der Waals surface area (Å²) in [6, 6.07) is 5.28. The monoisotopic (exact) mass is 292 g/mol. The van der Waals surface area contributed by atoms with Crippen LogP contribution in [0.1, 0.15) is 23.9 Å². The van der Waals surface area contributed by atoms with Crippen LogP contribution in [0.3, 0.4) is 0 Å². The van der Waals surface area contributed by atoms with Crippen molar-refractivity contribution < 1.29 is 9.90 Å². The zero-order chi connectivity index (χ0) is 14.7. The SMILES string of the molecule is C/C(=C/C(=O)O)c1ccc(Cl)cc1Cn1nnc(C)n1. The largest absolute Gasteiger partial charge is 0.478 e. The molecule has 0 radical (unpaired) electrons. The Hall–Kier alpha value is -2.21. The van der Waals surface area contributed by atoms with Gasteiger partial charge in [-0.2, -0.15) is 4.80 Å². The maximum atomic E-state index is 10.8. The maximum Gasteiger partial charge on any atom is 0.328 e. The van der Waals surface area contributed by atoms with Crippen LogP contribution in [0.4, 0.5) is 0 Å². The molecule has 7 heteroatoms. The van der Waals surface area contributed by atoms with Crippen LogP contribution >= 0.6 is 11.6 Å². The van der Waals surface area contributed by atoms with Gasteiger partial charge in [-0.25, -0.2) is 4.79 Å². The molecule has 0 bridgehead atoms. The second kappa shape index (κ2) is 5.83. The fourth-order valence-electron chi connectivity index (χ4n) is 1.88. The quantitative estimate of drug-likeness (QED) is 0.874. The number of halogens is 1. The number of allylic oxidation sites excluding steroid dienone is 1. The summed E-state index contributed by atoms with van der Waals surface area (Å²) in [7, 11) is 0. The Bertz CT molecular complexity index is 679. The van der Waals surface area contributed by atoms with Crippen LogP contribution < -0.4 is 0 Å². The number of carboxylic acid groups (broad SMARTS) is 1. The van der Waals surface area contributed by atoms with Crippen molar-refractivity contribution >= 4 is 23.1 Å². The highest BCUT2D eigenvalue weighted by molar-refractivity contribution is 6.30. The van der Waals surface area contributed by atoms with Crippen molar-refractivity contribution in [1.82, 2.24) is 20.2 Å². The van der Waals surface area contributed by atoms with E-state index in [1.165, 1.54) is 4.80 Å². The standard InChI is InChI=1S/C13H13ClN4O2/c1-8(5-13(19)20)12-4-3-11(14)6-10(12)7-18-16-9(2)15-17-18/h3-6H,7H2,1-2H3,(H,19,20)/b8-5-. The molecule has 0 aliphatic heterocycles. The summed E-state index contributed by atoms with van der Waals surface area (Å²) in [6.07, 6.45) is 1.16. The number of hydrogen-bond donors (Lipinski definition) is 1. The normalized spacial score (nSPS) is 11.7. The molecule has 1 aromatic heterocycles. The van der Waals surface area contributed by atoms with Gasteiger partial charge in [0.25, 0.3) is 0 Å². The molecule has 0 unspecified atom stereocenters. The topological polar surface area (TPSA) is 80.9 Å². The Balaban J connectivity index is 2.40. The lowest BCUT2D eigenvalue weighted by Crippen LogP contribution is -2.06. The molecule has 20 heavy (non-hydrogen) atoms. The molecule has 1 N–H and O–H groups in total. The highest BCUT2D eigenvalue weighted by Crippen LogP contribution is 2.23. The van der Waals surface area contributed by atoms with Gasteiger partial charge < -0.3 is 5.11 Å². The zero-order valence-corrected chi connectivity index (χ0v) is 11.8. The summed E-state index contributed by atoms with van der Waals surface area (Å²) in [4.78, 5) is 12.2. The van der Waals surface area contributed by atoms with Crippen LogP contribution in [0.25, 0.3) is 5.57 Å². The summed E-state index contributed by atoms with van der Waals surface area (Å²) in [5.41, 5.74) is 2.28. The Labute approximate surface area is 120 Å².